The third kappa shape index (κ3) is 2.75. The molecule has 0 atom stereocenters. The van der Waals surface area contributed by atoms with Gasteiger partial charge in [-0.3, -0.25) is 8.51 Å². The highest BCUT2D eigenvalue weighted by Crippen LogP contribution is 2.00. The highest BCUT2D eigenvalue weighted by molar-refractivity contribution is 14.1. The van der Waals surface area contributed by atoms with E-state index in [9.17, 15) is 0 Å². The van der Waals surface area contributed by atoms with E-state index in [1.165, 1.54) is 5.56 Å². The van der Waals surface area contributed by atoms with E-state index in [0.717, 1.165) is 18.7 Å². The lowest BCUT2D eigenvalue weighted by Crippen LogP contribution is -2.00. The molecule has 2 nitrogen and oxygen atoms in total. The van der Waals surface area contributed by atoms with Gasteiger partial charge in [0.2, 0.25) is 0 Å². The van der Waals surface area contributed by atoms with Crippen molar-refractivity contribution in [3.63, 3.8) is 0 Å². The molecule has 0 amide bonds. The van der Waals surface area contributed by atoms with E-state index < -0.39 is 0 Å². The number of hydrogen-bond acceptors (Lipinski definition) is 2. The van der Waals surface area contributed by atoms with Crippen molar-refractivity contribution in [3.05, 3.63) is 29.6 Å². The zero-order chi connectivity index (χ0) is 8.10. The summed E-state index contributed by atoms with van der Waals surface area (Å²) in [6, 6.07) is 4.18. The molecule has 0 aliphatic heterocycles. The van der Waals surface area contributed by atoms with Crippen LogP contribution in [0, 0.1) is 0 Å². The molecule has 0 saturated heterocycles. The van der Waals surface area contributed by atoms with Gasteiger partial charge in [-0.25, -0.2) is 0 Å². The van der Waals surface area contributed by atoms with Crippen molar-refractivity contribution in [2.45, 2.75) is 19.9 Å². The third-order valence-corrected chi connectivity index (χ3v) is 1.92. The average molecular weight is 262 g/mol. The molecule has 0 aliphatic carbocycles. The highest BCUT2D eigenvalue weighted by Gasteiger charge is 1.92. The number of rotatable bonds is 3. The van der Waals surface area contributed by atoms with E-state index in [-0.39, 0.29) is 0 Å². The summed E-state index contributed by atoms with van der Waals surface area (Å²) in [7, 11) is 0. The quantitative estimate of drug-likeness (QED) is 0.666. The van der Waals surface area contributed by atoms with Crippen molar-refractivity contribution in [1.29, 1.82) is 0 Å². The van der Waals surface area contributed by atoms with Gasteiger partial charge in [-0.05, 0) is 18.1 Å². The van der Waals surface area contributed by atoms with Gasteiger partial charge in [0.15, 0.2) is 0 Å². The maximum atomic E-state index is 4.27. The number of hydrogen-bond donors (Lipinski definition) is 1. The molecule has 60 valence electrons. The summed E-state index contributed by atoms with van der Waals surface area (Å²) >= 11 is 2.12. The minimum absolute atomic E-state index is 0.838. The summed E-state index contributed by atoms with van der Waals surface area (Å²) in [5, 5.41) is 0. The Morgan fingerprint density at radius 2 is 2.36 bits per heavy atom. The molecule has 1 aromatic heterocycles. The first-order chi connectivity index (χ1) is 5.36. The van der Waals surface area contributed by atoms with E-state index in [2.05, 4.69) is 50.4 Å². The highest BCUT2D eigenvalue weighted by atomic mass is 127. The second-order valence-corrected chi connectivity index (χ2v) is 3.08. The fourth-order valence-corrected chi connectivity index (χ4v) is 1.23. The van der Waals surface area contributed by atoms with Crippen molar-refractivity contribution in [1.82, 2.24) is 8.51 Å². The van der Waals surface area contributed by atoms with Crippen LogP contribution in [0.15, 0.2) is 18.3 Å². The average Bonchev–Trinajstić information content (AvgIpc) is 2.07. The van der Waals surface area contributed by atoms with Crippen LogP contribution >= 0.6 is 22.9 Å². The molecule has 0 radical (unpaired) electrons. The van der Waals surface area contributed by atoms with Gasteiger partial charge in [-0.1, -0.05) is 13.0 Å². The van der Waals surface area contributed by atoms with Crippen molar-refractivity contribution < 1.29 is 0 Å². The largest absolute Gasteiger partial charge is 0.260 e. The fraction of sp³-hybridized carbons (Fsp3) is 0.375. The standard InChI is InChI=1S/C8H11IN2/c1-2-7-3-4-8(6-11-9)10-5-7/h3-5,11H,2,6H2,1H3. The van der Waals surface area contributed by atoms with Crippen molar-refractivity contribution in [2.24, 2.45) is 0 Å². The molecule has 0 saturated carbocycles. The molecule has 0 aliphatic rings. The Hall–Kier alpha value is -0.160. The van der Waals surface area contributed by atoms with E-state index in [1.54, 1.807) is 0 Å². The molecule has 0 aromatic carbocycles. The zero-order valence-electron chi connectivity index (χ0n) is 6.47. The van der Waals surface area contributed by atoms with Crippen LogP contribution < -0.4 is 3.53 Å². The van der Waals surface area contributed by atoms with Crippen LogP contribution in [0.2, 0.25) is 0 Å². The van der Waals surface area contributed by atoms with Crippen LogP contribution in [-0.2, 0) is 13.0 Å². The third-order valence-electron chi connectivity index (χ3n) is 1.54. The summed E-state index contributed by atoms with van der Waals surface area (Å²) < 4.78 is 3.03. The van der Waals surface area contributed by atoms with Crippen LogP contribution in [-0.4, -0.2) is 4.98 Å². The van der Waals surface area contributed by atoms with E-state index in [4.69, 9.17) is 0 Å². The number of aromatic nitrogens is 1. The topological polar surface area (TPSA) is 24.9 Å². The van der Waals surface area contributed by atoms with Crippen molar-refractivity contribution >= 4 is 22.9 Å². The number of pyridine rings is 1. The summed E-state index contributed by atoms with van der Waals surface area (Å²) in [6.45, 7) is 2.97. The Balaban J connectivity index is 2.66. The maximum absolute atomic E-state index is 4.27. The van der Waals surface area contributed by atoms with Crippen LogP contribution in [0.3, 0.4) is 0 Å². The van der Waals surface area contributed by atoms with Gasteiger partial charge in [0, 0.05) is 35.6 Å². The van der Waals surface area contributed by atoms with E-state index in [0.29, 0.717) is 0 Å². The van der Waals surface area contributed by atoms with Crippen LogP contribution in [0.5, 0.6) is 0 Å². The number of aryl methyl sites for hydroxylation is 1. The summed E-state index contributed by atoms with van der Waals surface area (Å²) in [4.78, 5) is 4.27. The Kier molecular flexibility index (Phi) is 3.79. The van der Waals surface area contributed by atoms with Gasteiger partial charge < -0.3 is 0 Å². The van der Waals surface area contributed by atoms with Gasteiger partial charge in [-0.15, -0.1) is 0 Å². The lowest BCUT2D eigenvalue weighted by molar-refractivity contribution is 0.937. The second kappa shape index (κ2) is 4.66. The lowest BCUT2D eigenvalue weighted by Gasteiger charge is -1.98. The minimum Gasteiger partial charge on any atom is -0.260 e. The van der Waals surface area contributed by atoms with Gasteiger partial charge >= 0.3 is 0 Å². The Morgan fingerprint density at radius 3 is 2.82 bits per heavy atom. The Labute approximate surface area is 80.9 Å². The van der Waals surface area contributed by atoms with Crippen LogP contribution in [0.1, 0.15) is 18.2 Å². The minimum atomic E-state index is 0.838. The molecule has 1 heterocycles. The number of nitrogens with zero attached hydrogens (tertiary/aromatic N) is 1. The Morgan fingerprint density at radius 1 is 1.55 bits per heavy atom. The second-order valence-electron chi connectivity index (χ2n) is 2.32. The fourth-order valence-electron chi connectivity index (χ4n) is 0.837. The Bertz CT molecular complexity index is 208. The van der Waals surface area contributed by atoms with Gasteiger partial charge in [0.1, 0.15) is 0 Å². The van der Waals surface area contributed by atoms with Crippen molar-refractivity contribution in [3.8, 4) is 0 Å². The molecule has 0 spiro atoms. The molecule has 0 unspecified atom stereocenters. The number of halogens is 1. The van der Waals surface area contributed by atoms with E-state index >= 15 is 0 Å². The molecule has 0 bridgehead atoms. The van der Waals surface area contributed by atoms with Gasteiger partial charge in [-0.2, -0.15) is 0 Å². The first kappa shape index (κ1) is 8.93. The number of nitrogens with one attached hydrogen (secondary N) is 1. The zero-order valence-corrected chi connectivity index (χ0v) is 8.63. The molecule has 3 heteroatoms. The normalized spacial score (nSPS) is 10.0. The summed E-state index contributed by atoms with van der Waals surface area (Å²) in [5.74, 6) is 0. The molecule has 1 rings (SSSR count). The molecule has 1 N–H and O–H groups in total. The lowest BCUT2D eigenvalue weighted by atomic mass is 10.2. The molecular weight excluding hydrogens is 251 g/mol. The first-order valence-electron chi connectivity index (χ1n) is 3.64. The predicted molar refractivity (Wildman–Crippen MR) is 54.5 cm³/mol. The summed E-state index contributed by atoms with van der Waals surface area (Å²) in [6.07, 6.45) is 2.99. The maximum Gasteiger partial charge on any atom is 0.0549 e. The SMILES string of the molecule is CCc1ccc(CNI)nc1. The summed E-state index contributed by atoms with van der Waals surface area (Å²) in [5.41, 5.74) is 2.39. The molecule has 1 aromatic rings. The van der Waals surface area contributed by atoms with Gasteiger partial charge in [0.25, 0.3) is 0 Å². The van der Waals surface area contributed by atoms with Crippen LogP contribution in [0.25, 0.3) is 0 Å². The molecule has 11 heavy (non-hydrogen) atoms. The molecular formula is C8H11IN2. The monoisotopic (exact) mass is 262 g/mol. The van der Waals surface area contributed by atoms with Crippen LogP contribution in [0.4, 0.5) is 0 Å². The van der Waals surface area contributed by atoms with E-state index in [1.807, 2.05) is 6.20 Å². The smallest absolute Gasteiger partial charge is 0.0549 e. The van der Waals surface area contributed by atoms with Gasteiger partial charge in [0.05, 0.1) is 5.69 Å². The first-order valence-corrected chi connectivity index (χ1v) is 4.72. The predicted octanol–water partition coefficient (Wildman–Crippen LogP) is 2.08. The van der Waals surface area contributed by atoms with Crippen molar-refractivity contribution in [2.75, 3.05) is 0 Å². The molecule has 0 fully saturated rings.